The van der Waals surface area contributed by atoms with Gasteiger partial charge in [-0.2, -0.15) is 0 Å². The Hall–Kier alpha value is -2.43. The van der Waals surface area contributed by atoms with Crippen LogP contribution in [0, 0.1) is 0 Å². The highest BCUT2D eigenvalue weighted by molar-refractivity contribution is 5.80. The summed E-state index contributed by atoms with van der Waals surface area (Å²) in [6.07, 6.45) is 1.59. The maximum Gasteiger partial charge on any atom is 0.239 e. The maximum atomic E-state index is 11.8. The highest BCUT2D eigenvalue weighted by atomic mass is 16.3. The molecule has 0 radical (unpaired) electrons. The summed E-state index contributed by atoms with van der Waals surface area (Å²) in [5.74, 6) is 0.682. The Labute approximate surface area is 131 Å². The van der Waals surface area contributed by atoms with E-state index >= 15 is 0 Å². The van der Waals surface area contributed by atoms with E-state index in [9.17, 15) is 4.79 Å². The van der Waals surface area contributed by atoms with Crippen LogP contribution in [0.2, 0.25) is 0 Å². The fourth-order valence-corrected chi connectivity index (χ4v) is 2.22. The largest absolute Gasteiger partial charge is 0.467 e. The van der Waals surface area contributed by atoms with E-state index in [0.717, 1.165) is 24.5 Å². The third kappa shape index (κ3) is 4.55. The predicted octanol–water partition coefficient (Wildman–Crippen LogP) is 2.85. The molecule has 1 heterocycles. The molecule has 2 N–H and O–H groups in total. The summed E-state index contributed by atoms with van der Waals surface area (Å²) in [7, 11) is 0. The van der Waals surface area contributed by atoms with Gasteiger partial charge < -0.3 is 20.0 Å². The van der Waals surface area contributed by atoms with Gasteiger partial charge in [0, 0.05) is 24.5 Å². The normalized spacial score (nSPS) is 10.3. The minimum Gasteiger partial charge on any atom is -0.467 e. The topological polar surface area (TPSA) is 57.5 Å². The molecule has 22 heavy (non-hydrogen) atoms. The van der Waals surface area contributed by atoms with E-state index in [1.165, 1.54) is 5.69 Å². The molecule has 0 fully saturated rings. The third-order valence-corrected chi connectivity index (χ3v) is 3.49. The lowest BCUT2D eigenvalue weighted by atomic mass is 10.2. The van der Waals surface area contributed by atoms with Crippen LogP contribution in [0.1, 0.15) is 19.6 Å². The Bertz CT molecular complexity index is 560. The minimum atomic E-state index is -0.0655. The van der Waals surface area contributed by atoms with E-state index in [-0.39, 0.29) is 12.5 Å². The highest BCUT2D eigenvalue weighted by Gasteiger charge is 2.04. The zero-order valence-corrected chi connectivity index (χ0v) is 13.1. The van der Waals surface area contributed by atoms with Gasteiger partial charge in [0.05, 0.1) is 19.4 Å². The van der Waals surface area contributed by atoms with Crippen LogP contribution in [0.15, 0.2) is 47.1 Å². The van der Waals surface area contributed by atoms with Crippen LogP contribution < -0.4 is 15.5 Å². The SMILES string of the molecule is CCN(CC)c1ccc(NCC(=O)NCc2ccco2)cc1. The summed E-state index contributed by atoms with van der Waals surface area (Å²) < 4.78 is 5.16. The van der Waals surface area contributed by atoms with Crippen molar-refractivity contribution in [3.8, 4) is 0 Å². The lowest BCUT2D eigenvalue weighted by molar-refractivity contribution is -0.119. The standard InChI is InChI=1S/C17H23N3O2/c1-3-20(4-2)15-9-7-14(8-10-15)18-13-17(21)19-12-16-6-5-11-22-16/h5-11,18H,3-4,12-13H2,1-2H3,(H,19,21). The van der Waals surface area contributed by atoms with E-state index < -0.39 is 0 Å². The number of furan rings is 1. The van der Waals surface area contributed by atoms with Crippen LogP contribution in [0.5, 0.6) is 0 Å². The number of rotatable bonds is 8. The maximum absolute atomic E-state index is 11.8. The Kier molecular flexibility index (Phi) is 5.89. The first-order valence-corrected chi connectivity index (χ1v) is 7.61. The van der Waals surface area contributed by atoms with Crippen molar-refractivity contribution in [3.05, 3.63) is 48.4 Å². The molecular weight excluding hydrogens is 278 g/mol. The molecule has 0 saturated carbocycles. The molecule has 2 aromatic rings. The average molecular weight is 301 g/mol. The van der Waals surface area contributed by atoms with Gasteiger partial charge in [0.25, 0.3) is 0 Å². The smallest absolute Gasteiger partial charge is 0.239 e. The molecule has 0 aliphatic rings. The van der Waals surface area contributed by atoms with Gasteiger partial charge in [-0.05, 0) is 50.2 Å². The number of carbonyl (C=O) groups is 1. The molecule has 5 nitrogen and oxygen atoms in total. The van der Waals surface area contributed by atoms with Crippen molar-refractivity contribution >= 4 is 17.3 Å². The summed E-state index contributed by atoms with van der Waals surface area (Å²) in [5, 5.41) is 5.92. The molecule has 0 aliphatic heterocycles. The number of anilines is 2. The molecule has 118 valence electrons. The molecule has 0 atom stereocenters. The van der Waals surface area contributed by atoms with E-state index in [1.807, 2.05) is 18.2 Å². The first-order valence-electron chi connectivity index (χ1n) is 7.61. The van der Waals surface area contributed by atoms with Crippen LogP contribution in [0.25, 0.3) is 0 Å². The van der Waals surface area contributed by atoms with Gasteiger partial charge in [0.2, 0.25) is 5.91 Å². The van der Waals surface area contributed by atoms with Gasteiger partial charge in [0.15, 0.2) is 0 Å². The quantitative estimate of drug-likeness (QED) is 0.787. The number of amides is 1. The molecule has 0 spiro atoms. The molecule has 2 rings (SSSR count). The van der Waals surface area contributed by atoms with Crippen molar-refractivity contribution in [2.45, 2.75) is 20.4 Å². The minimum absolute atomic E-state index is 0.0655. The number of hydrogen-bond donors (Lipinski definition) is 2. The molecular formula is C17H23N3O2. The van der Waals surface area contributed by atoms with Crippen LogP contribution in [-0.4, -0.2) is 25.5 Å². The van der Waals surface area contributed by atoms with Crippen molar-refractivity contribution in [3.63, 3.8) is 0 Å². The number of benzene rings is 1. The van der Waals surface area contributed by atoms with Crippen LogP contribution in [-0.2, 0) is 11.3 Å². The van der Waals surface area contributed by atoms with Gasteiger partial charge >= 0.3 is 0 Å². The summed E-state index contributed by atoms with van der Waals surface area (Å²) in [6.45, 7) is 6.90. The second-order valence-electron chi connectivity index (χ2n) is 4.93. The zero-order chi connectivity index (χ0) is 15.8. The van der Waals surface area contributed by atoms with Crippen LogP contribution >= 0.6 is 0 Å². The number of nitrogens with one attached hydrogen (secondary N) is 2. The first-order chi connectivity index (χ1) is 10.7. The summed E-state index contributed by atoms with van der Waals surface area (Å²) >= 11 is 0. The molecule has 0 aliphatic carbocycles. The fourth-order valence-electron chi connectivity index (χ4n) is 2.22. The van der Waals surface area contributed by atoms with Crippen molar-refractivity contribution in [2.75, 3.05) is 29.9 Å². The van der Waals surface area contributed by atoms with E-state index in [1.54, 1.807) is 12.3 Å². The van der Waals surface area contributed by atoms with Gasteiger partial charge in [-0.1, -0.05) is 0 Å². The van der Waals surface area contributed by atoms with Gasteiger partial charge in [-0.25, -0.2) is 0 Å². The monoisotopic (exact) mass is 301 g/mol. The van der Waals surface area contributed by atoms with Crippen molar-refractivity contribution in [1.82, 2.24) is 5.32 Å². The van der Waals surface area contributed by atoms with E-state index in [0.29, 0.717) is 6.54 Å². The van der Waals surface area contributed by atoms with Crippen LogP contribution in [0.3, 0.4) is 0 Å². The molecule has 0 saturated heterocycles. The molecule has 0 unspecified atom stereocenters. The average Bonchev–Trinajstić information content (AvgIpc) is 3.07. The zero-order valence-electron chi connectivity index (χ0n) is 13.1. The Morgan fingerprint density at radius 1 is 1.14 bits per heavy atom. The van der Waals surface area contributed by atoms with Gasteiger partial charge in [0.1, 0.15) is 5.76 Å². The van der Waals surface area contributed by atoms with Crippen molar-refractivity contribution in [2.24, 2.45) is 0 Å². The second kappa shape index (κ2) is 8.12. The molecule has 1 aromatic carbocycles. The lowest BCUT2D eigenvalue weighted by Gasteiger charge is -2.21. The first kappa shape index (κ1) is 15.9. The Morgan fingerprint density at radius 2 is 1.86 bits per heavy atom. The van der Waals surface area contributed by atoms with Crippen molar-refractivity contribution in [1.29, 1.82) is 0 Å². The fraction of sp³-hybridized carbons (Fsp3) is 0.353. The highest BCUT2D eigenvalue weighted by Crippen LogP contribution is 2.17. The lowest BCUT2D eigenvalue weighted by Crippen LogP contribution is -2.29. The Morgan fingerprint density at radius 3 is 2.45 bits per heavy atom. The summed E-state index contributed by atoms with van der Waals surface area (Å²) in [5.41, 5.74) is 2.13. The third-order valence-electron chi connectivity index (χ3n) is 3.49. The predicted molar refractivity (Wildman–Crippen MR) is 89.0 cm³/mol. The summed E-state index contributed by atoms with van der Waals surface area (Å²) in [4.78, 5) is 14.0. The molecule has 1 amide bonds. The van der Waals surface area contributed by atoms with Gasteiger partial charge in [-0.15, -0.1) is 0 Å². The second-order valence-corrected chi connectivity index (χ2v) is 4.93. The molecule has 0 bridgehead atoms. The number of carbonyl (C=O) groups excluding carboxylic acids is 1. The number of nitrogens with zero attached hydrogens (tertiary/aromatic N) is 1. The van der Waals surface area contributed by atoms with E-state index in [4.69, 9.17) is 4.42 Å². The van der Waals surface area contributed by atoms with Crippen molar-refractivity contribution < 1.29 is 9.21 Å². The van der Waals surface area contributed by atoms with Crippen LogP contribution in [0.4, 0.5) is 11.4 Å². The molecule has 5 heteroatoms. The number of hydrogen-bond acceptors (Lipinski definition) is 4. The van der Waals surface area contributed by atoms with E-state index in [2.05, 4.69) is 41.5 Å². The van der Waals surface area contributed by atoms with Gasteiger partial charge in [-0.3, -0.25) is 4.79 Å². The summed E-state index contributed by atoms with van der Waals surface area (Å²) in [6, 6.07) is 11.8. The molecule has 1 aromatic heterocycles. The Balaban J connectivity index is 1.77.